The summed E-state index contributed by atoms with van der Waals surface area (Å²) >= 11 is 0. The van der Waals surface area contributed by atoms with Gasteiger partial charge in [-0.05, 0) is 42.5 Å². The van der Waals surface area contributed by atoms with Crippen LogP contribution in [0.25, 0.3) is 0 Å². The van der Waals surface area contributed by atoms with Crippen LogP contribution in [0.2, 0.25) is 0 Å². The molecule has 0 N–H and O–H groups in total. The number of benzene rings is 2. The number of hydrogen-bond donors (Lipinski definition) is 0. The van der Waals surface area contributed by atoms with Crippen LogP contribution in [-0.4, -0.2) is 25.8 Å². The van der Waals surface area contributed by atoms with Crippen molar-refractivity contribution in [1.82, 2.24) is 4.31 Å². The van der Waals surface area contributed by atoms with E-state index in [1.54, 1.807) is 16.4 Å². The normalized spacial score (nSPS) is 23.3. The molecule has 2 aliphatic rings. The van der Waals surface area contributed by atoms with Gasteiger partial charge in [-0.2, -0.15) is 4.31 Å². The molecule has 1 heterocycles. The second-order valence-corrected chi connectivity index (χ2v) is 9.09. The van der Waals surface area contributed by atoms with E-state index in [9.17, 15) is 8.42 Å². The fourth-order valence-corrected chi connectivity index (χ4v) is 5.25. The number of sulfonamides is 1. The summed E-state index contributed by atoms with van der Waals surface area (Å²) in [6.07, 6.45) is 7.45. The summed E-state index contributed by atoms with van der Waals surface area (Å²) in [5.41, 5.74) is 3.63. The standard InChI is InChI=1S/C22H23NO2S/c1-17-7-11-22(12-8-17)26(24,25)23-14-13-19-9-10-20(15-21(19)16-23)18-5-3-2-4-6-18/h2-13,20-21H,14-16H2,1H3/t20-,21-/m1/s1. The predicted molar refractivity (Wildman–Crippen MR) is 104 cm³/mol. The van der Waals surface area contributed by atoms with Gasteiger partial charge in [-0.25, -0.2) is 8.42 Å². The first kappa shape index (κ1) is 17.3. The second kappa shape index (κ2) is 6.86. The predicted octanol–water partition coefficient (Wildman–Crippen LogP) is 4.29. The number of hydrogen-bond acceptors (Lipinski definition) is 2. The van der Waals surface area contributed by atoms with E-state index in [2.05, 4.69) is 42.5 Å². The first-order valence-corrected chi connectivity index (χ1v) is 10.5. The number of allylic oxidation sites excluding steroid dienone is 2. The van der Waals surface area contributed by atoms with Gasteiger partial charge in [0, 0.05) is 19.0 Å². The molecule has 0 saturated carbocycles. The van der Waals surface area contributed by atoms with Crippen molar-refractivity contribution in [1.29, 1.82) is 0 Å². The lowest BCUT2D eigenvalue weighted by Gasteiger charge is -2.35. The van der Waals surface area contributed by atoms with Crippen LogP contribution in [0.3, 0.4) is 0 Å². The summed E-state index contributed by atoms with van der Waals surface area (Å²) in [6.45, 7) is 2.96. The van der Waals surface area contributed by atoms with E-state index in [1.807, 2.05) is 25.1 Å². The Bertz CT molecular complexity index is 943. The van der Waals surface area contributed by atoms with Gasteiger partial charge in [0.1, 0.15) is 0 Å². The van der Waals surface area contributed by atoms with Gasteiger partial charge in [0.25, 0.3) is 0 Å². The van der Waals surface area contributed by atoms with Gasteiger partial charge in [-0.15, -0.1) is 0 Å². The molecule has 3 nitrogen and oxygen atoms in total. The molecule has 4 rings (SSSR count). The van der Waals surface area contributed by atoms with Crippen molar-refractivity contribution in [3.8, 4) is 0 Å². The molecule has 1 aliphatic heterocycles. The maximum Gasteiger partial charge on any atom is 0.243 e. The van der Waals surface area contributed by atoms with Gasteiger partial charge < -0.3 is 0 Å². The van der Waals surface area contributed by atoms with Crippen LogP contribution in [0.1, 0.15) is 23.5 Å². The number of fused-ring (bicyclic) bond motifs is 1. The Hall–Kier alpha value is -2.17. The van der Waals surface area contributed by atoms with Crippen LogP contribution >= 0.6 is 0 Å². The Morgan fingerprint density at radius 1 is 1.00 bits per heavy atom. The quantitative estimate of drug-likeness (QED) is 0.814. The van der Waals surface area contributed by atoms with Crippen LogP contribution in [0.5, 0.6) is 0 Å². The van der Waals surface area contributed by atoms with Crippen molar-refractivity contribution in [2.75, 3.05) is 13.1 Å². The molecule has 0 unspecified atom stereocenters. The average Bonchev–Trinajstić information content (AvgIpc) is 2.68. The molecule has 134 valence electrons. The van der Waals surface area contributed by atoms with Crippen molar-refractivity contribution in [2.24, 2.45) is 5.92 Å². The fourth-order valence-electron chi connectivity index (χ4n) is 3.83. The molecule has 2 atom stereocenters. The zero-order valence-corrected chi connectivity index (χ0v) is 15.7. The lowest BCUT2D eigenvalue weighted by atomic mass is 9.79. The Morgan fingerprint density at radius 2 is 1.73 bits per heavy atom. The largest absolute Gasteiger partial charge is 0.243 e. The molecule has 26 heavy (non-hydrogen) atoms. The zero-order valence-electron chi connectivity index (χ0n) is 14.9. The van der Waals surface area contributed by atoms with Gasteiger partial charge in [0.05, 0.1) is 4.90 Å². The van der Waals surface area contributed by atoms with Gasteiger partial charge in [-0.3, -0.25) is 0 Å². The Kier molecular flexibility index (Phi) is 4.55. The molecule has 2 aromatic rings. The SMILES string of the molecule is Cc1ccc(S(=O)(=O)N2CC=C3C=C[C@@H](c4ccccc4)C[C@@H]3C2)cc1. The summed E-state index contributed by atoms with van der Waals surface area (Å²) in [6, 6.07) is 17.6. The molecule has 0 aromatic heterocycles. The summed E-state index contributed by atoms with van der Waals surface area (Å²) < 4.78 is 27.6. The number of rotatable bonds is 3. The van der Waals surface area contributed by atoms with E-state index < -0.39 is 10.0 Å². The molecule has 0 fully saturated rings. The van der Waals surface area contributed by atoms with Gasteiger partial charge in [-0.1, -0.05) is 66.3 Å². The van der Waals surface area contributed by atoms with E-state index in [0.29, 0.717) is 23.9 Å². The van der Waals surface area contributed by atoms with E-state index >= 15 is 0 Å². The lowest BCUT2D eigenvalue weighted by molar-refractivity contribution is 0.350. The van der Waals surface area contributed by atoms with E-state index in [4.69, 9.17) is 0 Å². The van der Waals surface area contributed by atoms with Crippen LogP contribution in [0.15, 0.2) is 83.3 Å². The summed E-state index contributed by atoms with van der Waals surface area (Å²) in [7, 11) is -3.45. The molecule has 0 bridgehead atoms. The minimum atomic E-state index is -3.45. The highest BCUT2D eigenvalue weighted by Gasteiger charge is 2.33. The third kappa shape index (κ3) is 3.27. The summed E-state index contributed by atoms with van der Waals surface area (Å²) in [5, 5.41) is 0. The highest BCUT2D eigenvalue weighted by atomic mass is 32.2. The Balaban J connectivity index is 1.57. The van der Waals surface area contributed by atoms with E-state index in [-0.39, 0.29) is 5.92 Å². The first-order chi connectivity index (χ1) is 12.5. The van der Waals surface area contributed by atoms with Crippen molar-refractivity contribution in [2.45, 2.75) is 24.2 Å². The van der Waals surface area contributed by atoms with Crippen molar-refractivity contribution in [3.63, 3.8) is 0 Å². The maximum atomic E-state index is 13.0. The minimum absolute atomic E-state index is 0.249. The van der Waals surface area contributed by atoms with E-state index in [1.165, 1.54) is 11.1 Å². The first-order valence-electron chi connectivity index (χ1n) is 9.04. The van der Waals surface area contributed by atoms with E-state index in [0.717, 1.165) is 12.0 Å². The average molecular weight is 365 g/mol. The Morgan fingerprint density at radius 3 is 2.46 bits per heavy atom. The topological polar surface area (TPSA) is 37.4 Å². The smallest absolute Gasteiger partial charge is 0.207 e. The van der Waals surface area contributed by atoms with Gasteiger partial charge in [0.2, 0.25) is 10.0 Å². The Labute approximate surface area is 155 Å². The summed E-state index contributed by atoms with van der Waals surface area (Å²) in [4.78, 5) is 0.380. The van der Waals surface area contributed by atoms with Crippen molar-refractivity contribution < 1.29 is 8.42 Å². The molecule has 0 amide bonds. The highest BCUT2D eigenvalue weighted by Crippen LogP contribution is 2.37. The molecular weight excluding hydrogens is 342 g/mol. The minimum Gasteiger partial charge on any atom is -0.207 e. The van der Waals surface area contributed by atoms with Crippen LogP contribution in [0, 0.1) is 12.8 Å². The van der Waals surface area contributed by atoms with Gasteiger partial charge >= 0.3 is 0 Å². The van der Waals surface area contributed by atoms with Crippen LogP contribution < -0.4 is 0 Å². The molecule has 0 spiro atoms. The molecule has 0 saturated heterocycles. The molecule has 1 aliphatic carbocycles. The molecular formula is C22H23NO2S. The fraction of sp³-hybridized carbons (Fsp3) is 0.273. The third-order valence-corrected chi connectivity index (χ3v) is 7.22. The molecule has 4 heteroatoms. The lowest BCUT2D eigenvalue weighted by Crippen LogP contribution is -2.40. The zero-order chi connectivity index (χ0) is 18.1. The highest BCUT2D eigenvalue weighted by molar-refractivity contribution is 7.89. The van der Waals surface area contributed by atoms with Crippen LogP contribution in [0.4, 0.5) is 0 Å². The van der Waals surface area contributed by atoms with Gasteiger partial charge in [0.15, 0.2) is 0 Å². The number of aryl methyl sites for hydroxylation is 1. The van der Waals surface area contributed by atoms with Crippen molar-refractivity contribution >= 4 is 10.0 Å². The molecule has 2 aromatic carbocycles. The van der Waals surface area contributed by atoms with Crippen LogP contribution in [-0.2, 0) is 10.0 Å². The third-order valence-electron chi connectivity index (χ3n) is 5.37. The summed E-state index contributed by atoms with van der Waals surface area (Å²) in [5.74, 6) is 0.597. The monoisotopic (exact) mass is 365 g/mol. The maximum absolute atomic E-state index is 13.0. The number of nitrogens with zero attached hydrogens (tertiary/aromatic N) is 1. The van der Waals surface area contributed by atoms with Crippen molar-refractivity contribution in [3.05, 3.63) is 89.5 Å². The second-order valence-electron chi connectivity index (χ2n) is 7.15. The molecule has 0 radical (unpaired) electrons.